The Morgan fingerprint density at radius 3 is 2.67 bits per heavy atom. The van der Waals surface area contributed by atoms with Gasteiger partial charge in [0, 0.05) is 12.6 Å². The van der Waals surface area contributed by atoms with Crippen molar-refractivity contribution in [2.24, 2.45) is 0 Å². The lowest BCUT2D eigenvalue weighted by atomic mass is 10.1. The number of nitrogens with one attached hydrogen (secondary N) is 1. The van der Waals surface area contributed by atoms with E-state index in [4.69, 9.17) is 10.4 Å². The van der Waals surface area contributed by atoms with E-state index in [1.807, 2.05) is 13.0 Å². The quantitative estimate of drug-likeness (QED) is 0.796. The topological polar surface area (TPSA) is 73.1 Å². The zero-order valence-electron chi connectivity index (χ0n) is 10.5. The summed E-state index contributed by atoms with van der Waals surface area (Å²) in [5, 5.41) is 20.2. The molecule has 0 spiro atoms. The van der Waals surface area contributed by atoms with E-state index in [0.717, 1.165) is 12.0 Å². The van der Waals surface area contributed by atoms with E-state index >= 15 is 0 Å². The number of nitriles is 1. The lowest BCUT2D eigenvalue weighted by Crippen LogP contribution is -2.33. The fraction of sp³-hybridized carbons (Fsp3) is 0.429. The Morgan fingerprint density at radius 1 is 1.44 bits per heavy atom. The molecule has 1 amide bonds. The second kappa shape index (κ2) is 7.46. The summed E-state index contributed by atoms with van der Waals surface area (Å²) in [6.07, 6.45) is 1.78. The summed E-state index contributed by atoms with van der Waals surface area (Å²) in [6, 6.07) is 9.10. The van der Waals surface area contributed by atoms with Crippen LogP contribution in [0.15, 0.2) is 24.3 Å². The van der Waals surface area contributed by atoms with Crippen molar-refractivity contribution in [2.45, 2.75) is 32.2 Å². The molecule has 0 bridgehead atoms. The molecular formula is C14H18N2O2. The van der Waals surface area contributed by atoms with Gasteiger partial charge in [-0.1, -0.05) is 12.1 Å². The van der Waals surface area contributed by atoms with Gasteiger partial charge in [0.2, 0.25) is 5.91 Å². The number of hydrogen-bond acceptors (Lipinski definition) is 3. The Bertz CT molecular complexity index is 420. The zero-order valence-corrected chi connectivity index (χ0v) is 10.5. The minimum Gasteiger partial charge on any atom is -0.396 e. The van der Waals surface area contributed by atoms with Crippen LogP contribution in [-0.4, -0.2) is 23.7 Å². The molecular weight excluding hydrogens is 228 g/mol. The van der Waals surface area contributed by atoms with E-state index in [-0.39, 0.29) is 18.6 Å². The predicted molar refractivity (Wildman–Crippen MR) is 68.8 cm³/mol. The first-order valence-electron chi connectivity index (χ1n) is 6.05. The summed E-state index contributed by atoms with van der Waals surface area (Å²) in [6.45, 7) is 2.07. The van der Waals surface area contributed by atoms with Gasteiger partial charge in [0.15, 0.2) is 0 Å². The molecule has 4 heteroatoms. The van der Waals surface area contributed by atoms with Gasteiger partial charge in [-0.25, -0.2) is 0 Å². The molecule has 1 aromatic carbocycles. The fourth-order valence-corrected chi connectivity index (χ4v) is 1.68. The van der Waals surface area contributed by atoms with Crippen molar-refractivity contribution in [3.05, 3.63) is 35.4 Å². The van der Waals surface area contributed by atoms with E-state index in [2.05, 4.69) is 5.32 Å². The van der Waals surface area contributed by atoms with Crippen LogP contribution < -0.4 is 5.32 Å². The van der Waals surface area contributed by atoms with Crippen molar-refractivity contribution >= 4 is 5.91 Å². The number of nitrogens with zero attached hydrogens (tertiary/aromatic N) is 1. The third kappa shape index (κ3) is 4.98. The van der Waals surface area contributed by atoms with Gasteiger partial charge in [-0.15, -0.1) is 0 Å². The summed E-state index contributed by atoms with van der Waals surface area (Å²) in [7, 11) is 0. The molecule has 1 atom stereocenters. The number of rotatable bonds is 6. The maximum Gasteiger partial charge on any atom is 0.224 e. The zero-order chi connectivity index (χ0) is 13.4. The Balaban J connectivity index is 2.41. The van der Waals surface area contributed by atoms with Gasteiger partial charge < -0.3 is 10.4 Å². The molecule has 0 aliphatic carbocycles. The Labute approximate surface area is 107 Å². The van der Waals surface area contributed by atoms with Crippen LogP contribution in [0, 0.1) is 11.3 Å². The number of aliphatic hydroxyl groups is 1. The van der Waals surface area contributed by atoms with Crippen LogP contribution in [0.1, 0.15) is 30.9 Å². The number of benzene rings is 1. The minimum atomic E-state index is -0.0369. The van der Waals surface area contributed by atoms with E-state index < -0.39 is 0 Å². The molecule has 0 aliphatic rings. The summed E-state index contributed by atoms with van der Waals surface area (Å²) in [5.41, 5.74) is 1.48. The minimum absolute atomic E-state index is 0.0369. The second-order valence-electron chi connectivity index (χ2n) is 4.32. The summed E-state index contributed by atoms with van der Waals surface area (Å²) in [4.78, 5) is 11.7. The molecule has 4 nitrogen and oxygen atoms in total. The summed E-state index contributed by atoms with van der Waals surface area (Å²) in [5.74, 6) is -0.0369. The highest BCUT2D eigenvalue weighted by Crippen LogP contribution is 2.04. The highest BCUT2D eigenvalue weighted by atomic mass is 16.2. The Morgan fingerprint density at radius 2 is 2.11 bits per heavy atom. The van der Waals surface area contributed by atoms with Crippen LogP contribution in [0.5, 0.6) is 0 Å². The van der Waals surface area contributed by atoms with Crippen molar-refractivity contribution in [2.75, 3.05) is 6.61 Å². The van der Waals surface area contributed by atoms with Crippen molar-refractivity contribution in [3.63, 3.8) is 0 Å². The molecule has 0 saturated carbocycles. The predicted octanol–water partition coefficient (Wildman–Crippen LogP) is 1.38. The molecule has 0 saturated heterocycles. The molecule has 96 valence electrons. The molecule has 2 N–H and O–H groups in total. The molecule has 1 rings (SSSR count). The van der Waals surface area contributed by atoms with Crippen LogP contribution in [-0.2, 0) is 11.2 Å². The van der Waals surface area contributed by atoms with Crippen molar-refractivity contribution in [1.82, 2.24) is 5.32 Å². The van der Waals surface area contributed by atoms with Crippen LogP contribution >= 0.6 is 0 Å². The highest BCUT2D eigenvalue weighted by molar-refractivity contribution is 5.78. The Hall–Kier alpha value is -1.86. The van der Waals surface area contributed by atoms with Gasteiger partial charge >= 0.3 is 0 Å². The number of carbonyl (C=O) groups is 1. The number of amides is 1. The largest absolute Gasteiger partial charge is 0.396 e. The average Bonchev–Trinajstić information content (AvgIpc) is 2.37. The number of aliphatic hydroxyl groups excluding tert-OH is 1. The first-order chi connectivity index (χ1) is 8.65. The van der Waals surface area contributed by atoms with Crippen LogP contribution in [0.2, 0.25) is 0 Å². The van der Waals surface area contributed by atoms with E-state index in [1.54, 1.807) is 24.3 Å². The maximum atomic E-state index is 11.7. The van der Waals surface area contributed by atoms with E-state index in [1.165, 1.54) is 0 Å². The standard InChI is InChI=1S/C14H18N2O2/c1-11(3-2-8-17)16-14(18)9-12-4-6-13(10-15)7-5-12/h4-7,11,17H,2-3,8-9H2,1H3,(H,16,18). The van der Waals surface area contributed by atoms with Crippen LogP contribution in [0.4, 0.5) is 0 Å². The van der Waals surface area contributed by atoms with Crippen LogP contribution in [0.3, 0.4) is 0 Å². The SMILES string of the molecule is CC(CCCO)NC(=O)Cc1ccc(C#N)cc1. The third-order valence-corrected chi connectivity index (χ3v) is 2.65. The third-order valence-electron chi connectivity index (χ3n) is 2.65. The smallest absolute Gasteiger partial charge is 0.224 e. The van der Waals surface area contributed by atoms with Gasteiger partial charge in [-0.3, -0.25) is 4.79 Å². The first kappa shape index (κ1) is 14.2. The monoisotopic (exact) mass is 246 g/mol. The van der Waals surface area contributed by atoms with E-state index in [9.17, 15) is 4.79 Å². The molecule has 0 aromatic heterocycles. The highest BCUT2D eigenvalue weighted by Gasteiger charge is 2.07. The maximum absolute atomic E-state index is 11.7. The molecule has 0 fully saturated rings. The second-order valence-corrected chi connectivity index (χ2v) is 4.32. The fourth-order valence-electron chi connectivity index (χ4n) is 1.68. The number of hydrogen-bond donors (Lipinski definition) is 2. The normalized spacial score (nSPS) is 11.6. The molecule has 1 unspecified atom stereocenters. The van der Waals surface area contributed by atoms with Crippen molar-refractivity contribution < 1.29 is 9.90 Å². The van der Waals surface area contributed by atoms with E-state index in [0.29, 0.717) is 18.4 Å². The average molecular weight is 246 g/mol. The first-order valence-corrected chi connectivity index (χ1v) is 6.05. The van der Waals surface area contributed by atoms with Gasteiger partial charge in [0.05, 0.1) is 18.1 Å². The van der Waals surface area contributed by atoms with Gasteiger partial charge in [-0.05, 0) is 37.5 Å². The molecule has 18 heavy (non-hydrogen) atoms. The van der Waals surface area contributed by atoms with Crippen LogP contribution in [0.25, 0.3) is 0 Å². The molecule has 0 radical (unpaired) electrons. The van der Waals surface area contributed by atoms with Gasteiger partial charge in [0.25, 0.3) is 0 Å². The van der Waals surface area contributed by atoms with Crippen molar-refractivity contribution in [1.29, 1.82) is 5.26 Å². The van der Waals surface area contributed by atoms with Crippen molar-refractivity contribution in [3.8, 4) is 6.07 Å². The molecule has 1 aromatic rings. The Kier molecular flexibility index (Phi) is 5.89. The summed E-state index contributed by atoms with van der Waals surface area (Å²) < 4.78 is 0. The molecule has 0 heterocycles. The summed E-state index contributed by atoms with van der Waals surface area (Å²) >= 11 is 0. The number of carbonyl (C=O) groups excluding carboxylic acids is 1. The van der Waals surface area contributed by atoms with Gasteiger partial charge in [-0.2, -0.15) is 5.26 Å². The lowest BCUT2D eigenvalue weighted by molar-refractivity contribution is -0.121. The van der Waals surface area contributed by atoms with Gasteiger partial charge in [0.1, 0.15) is 0 Å². The molecule has 0 aliphatic heterocycles. The lowest BCUT2D eigenvalue weighted by Gasteiger charge is -2.13.